The minimum atomic E-state index is -0.293. The number of nitrogens with two attached hydrogens (primary N) is 1. The lowest BCUT2D eigenvalue weighted by Gasteiger charge is -2.16. The van der Waals surface area contributed by atoms with Gasteiger partial charge in [-0.05, 0) is 49.4 Å². The van der Waals surface area contributed by atoms with E-state index in [0.29, 0.717) is 29.6 Å². The van der Waals surface area contributed by atoms with Crippen LogP contribution in [0.3, 0.4) is 0 Å². The van der Waals surface area contributed by atoms with Crippen LogP contribution in [0.4, 0.5) is 4.39 Å². The summed E-state index contributed by atoms with van der Waals surface area (Å²) in [5.41, 5.74) is 7.69. The zero-order valence-corrected chi connectivity index (χ0v) is 12.2. The Labute approximate surface area is 123 Å². The average molecular weight is 289 g/mol. The summed E-state index contributed by atoms with van der Waals surface area (Å²) in [4.78, 5) is 4.35. The highest BCUT2D eigenvalue weighted by molar-refractivity contribution is 5.55. The minimum absolute atomic E-state index is 0.0649. The second kappa shape index (κ2) is 5.93. The Morgan fingerprint density at radius 3 is 2.81 bits per heavy atom. The summed E-state index contributed by atoms with van der Waals surface area (Å²) < 4.78 is 18.7. The van der Waals surface area contributed by atoms with Gasteiger partial charge in [0.25, 0.3) is 0 Å². The molecule has 0 bridgehead atoms. The SMILES string of the molecule is Cc1cc(F)cc(-c2noc(CC(N)C3CCCC3)n2)c1. The molecule has 1 aromatic heterocycles. The van der Waals surface area contributed by atoms with E-state index in [2.05, 4.69) is 10.1 Å². The lowest BCUT2D eigenvalue weighted by atomic mass is 9.96. The summed E-state index contributed by atoms with van der Waals surface area (Å²) in [6.07, 6.45) is 5.48. The summed E-state index contributed by atoms with van der Waals surface area (Å²) in [5.74, 6) is 1.22. The quantitative estimate of drug-likeness (QED) is 0.938. The van der Waals surface area contributed by atoms with Crippen LogP contribution in [0.15, 0.2) is 22.7 Å². The van der Waals surface area contributed by atoms with Crippen molar-refractivity contribution in [2.45, 2.75) is 45.1 Å². The molecular formula is C16H20FN3O. The van der Waals surface area contributed by atoms with Gasteiger partial charge in [-0.3, -0.25) is 0 Å². The summed E-state index contributed by atoms with van der Waals surface area (Å²) in [5, 5.41) is 3.94. The maximum absolute atomic E-state index is 13.4. The van der Waals surface area contributed by atoms with Crippen LogP contribution in [-0.2, 0) is 6.42 Å². The maximum Gasteiger partial charge on any atom is 0.228 e. The van der Waals surface area contributed by atoms with Crippen molar-refractivity contribution in [1.29, 1.82) is 0 Å². The molecule has 112 valence electrons. The average Bonchev–Trinajstić information content (AvgIpc) is 3.08. The van der Waals surface area contributed by atoms with Crippen LogP contribution in [0, 0.1) is 18.7 Å². The number of aromatic nitrogens is 2. The Morgan fingerprint density at radius 1 is 1.33 bits per heavy atom. The number of hydrogen-bond acceptors (Lipinski definition) is 4. The van der Waals surface area contributed by atoms with Crippen LogP contribution < -0.4 is 5.73 Å². The molecule has 0 aliphatic heterocycles. The third-order valence-electron chi connectivity index (χ3n) is 4.18. The van der Waals surface area contributed by atoms with Crippen LogP contribution >= 0.6 is 0 Å². The monoisotopic (exact) mass is 289 g/mol. The Kier molecular flexibility index (Phi) is 4.01. The third kappa shape index (κ3) is 3.29. The number of nitrogens with zero attached hydrogens (tertiary/aromatic N) is 2. The predicted octanol–water partition coefficient (Wildman–Crippen LogP) is 3.24. The van der Waals surface area contributed by atoms with Gasteiger partial charge in [0.15, 0.2) is 0 Å². The van der Waals surface area contributed by atoms with E-state index in [1.54, 1.807) is 0 Å². The van der Waals surface area contributed by atoms with Crippen molar-refractivity contribution >= 4 is 0 Å². The standard InChI is InChI=1S/C16H20FN3O/c1-10-6-12(8-13(17)7-10)16-19-15(21-20-16)9-14(18)11-4-2-3-5-11/h6-8,11,14H,2-5,9,18H2,1H3. The van der Waals surface area contributed by atoms with Gasteiger partial charge in [-0.15, -0.1) is 0 Å². The molecule has 0 saturated heterocycles. The van der Waals surface area contributed by atoms with Crippen LogP contribution in [0.1, 0.15) is 37.1 Å². The first-order valence-corrected chi connectivity index (χ1v) is 7.47. The highest BCUT2D eigenvalue weighted by Crippen LogP contribution is 2.28. The van der Waals surface area contributed by atoms with Crippen molar-refractivity contribution in [3.63, 3.8) is 0 Å². The van der Waals surface area contributed by atoms with Gasteiger partial charge in [-0.1, -0.05) is 18.0 Å². The molecule has 1 aliphatic carbocycles. The highest BCUT2D eigenvalue weighted by atomic mass is 19.1. The number of hydrogen-bond donors (Lipinski definition) is 1. The van der Waals surface area contributed by atoms with Gasteiger partial charge in [0.1, 0.15) is 5.82 Å². The minimum Gasteiger partial charge on any atom is -0.339 e. The molecule has 0 radical (unpaired) electrons. The first-order valence-electron chi connectivity index (χ1n) is 7.47. The van der Waals surface area contributed by atoms with Crippen molar-refractivity contribution in [1.82, 2.24) is 10.1 Å². The molecule has 2 aromatic rings. The lowest BCUT2D eigenvalue weighted by Crippen LogP contribution is -2.30. The number of aryl methyl sites for hydroxylation is 1. The Balaban J connectivity index is 1.73. The van der Waals surface area contributed by atoms with Crippen molar-refractivity contribution in [2.24, 2.45) is 11.7 Å². The molecule has 1 aliphatic rings. The van der Waals surface area contributed by atoms with Gasteiger partial charge in [0.05, 0.1) is 0 Å². The largest absolute Gasteiger partial charge is 0.339 e. The summed E-state index contributed by atoms with van der Waals surface area (Å²) in [6, 6.07) is 4.79. The Morgan fingerprint density at radius 2 is 2.10 bits per heavy atom. The van der Waals surface area contributed by atoms with Crippen molar-refractivity contribution in [3.05, 3.63) is 35.5 Å². The molecule has 1 unspecified atom stereocenters. The van der Waals surface area contributed by atoms with Gasteiger partial charge in [0.2, 0.25) is 11.7 Å². The molecule has 1 saturated carbocycles. The highest BCUT2D eigenvalue weighted by Gasteiger charge is 2.24. The van der Waals surface area contributed by atoms with Gasteiger partial charge in [-0.25, -0.2) is 4.39 Å². The van der Waals surface area contributed by atoms with Crippen LogP contribution in [0.2, 0.25) is 0 Å². The van der Waals surface area contributed by atoms with Crippen LogP contribution in [0.25, 0.3) is 11.4 Å². The molecule has 0 amide bonds. The first kappa shape index (κ1) is 14.2. The fraction of sp³-hybridized carbons (Fsp3) is 0.500. The zero-order valence-electron chi connectivity index (χ0n) is 12.2. The molecular weight excluding hydrogens is 269 g/mol. The van der Waals surface area contributed by atoms with Crippen LogP contribution in [0.5, 0.6) is 0 Å². The van der Waals surface area contributed by atoms with E-state index in [9.17, 15) is 4.39 Å². The molecule has 1 atom stereocenters. The fourth-order valence-corrected chi connectivity index (χ4v) is 3.07. The van der Waals surface area contributed by atoms with E-state index < -0.39 is 0 Å². The number of halogens is 1. The molecule has 5 heteroatoms. The number of rotatable bonds is 4. The van der Waals surface area contributed by atoms with Crippen molar-refractivity contribution in [3.8, 4) is 11.4 Å². The van der Waals surface area contributed by atoms with Gasteiger partial charge in [0, 0.05) is 18.0 Å². The molecule has 3 rings (SSSR count). The lowest BCUT2D eigenvalue weighted by molar-refractivity contribution is 0.341. The zero-order chi connectivity index (χ0) is 14.8. The third-order valence-corrected chi connectivity index (χ3v) is 4.18. The van der Waals surface area contributed by atoms with Gasteiger partial charge >= 0.3 is 0 Å². The van der Waals surface area contributed by atoms with Crippen molar-refractivity contribution < 1.29 is 8.91 Å². The Hall–Kier alpha value is -1.75. The smallest absolute Gasteiger partial charge is 0.228 e. The topological polar surface area (TPSA) is 64.9 Å². The molecule has 1 heterocycles. The van der Waals surface area contributed by atoms with Crippen LogP contribution in [-0.4, -0.2) is 16.2 Å². The van der Waals surface area contributed by atoms with E-state index >= 15 is 0 Å². The first-order chi connectivity index (χ1) is 10.1. The predicted molar refractivity (Wildman–Crippen MR) is 78.1 cm³/mol. The maximum atomic E-state index is 13.4. The molecule has 2 N–H and O–H groups in total. The fourth-order valence-electron chi connectivity index (χ4n) is 3.07. The molecule has 0 spiro atoms. The van der Waals surface area contributed by atoms with Gasteiger partial charge < -0.3 is 10.3 Å². The second-order valence-corrected chi connectivity index (χ2v) is 5.94. The summed E-state index contributed by atoms with van der Waals surface area (Å²) in [7, 11) is 0. The number of benzene rings is 1. The molecule has 1 aromatic carbocycles. The van der Waals surface area contributed by atoms with Gasteiger partial charge in [-0.2, -0.15) is 4.98 Å². The van der Waals surface area contributed by atoms with E-state index in [1.807, 2.05) is 13.0 Å². The normalized spacial score (nSPS) is 17.3. The van der Waals surface area contributed by atoms with E-state index in [-0.39, 0.29) is 11.9 Å². The molecule has 21 heavy (non-hydrogen) atoms. The van der Waals surface area contributed by atoms with E-state index in [0.717, 1.165) is 5.56 Å². The van der Waals surface area contributed by atoms with E-state index in [4.69, 9.17) is 10.3 Å². The summed E-state index contributed by atoms with van der Waals surface area (Å²) >= 11 is 0. The molecule has 4 nitrogen and oxygen atoms in total. The van der Waals surface area contributed by atoms with E-state index in [1.165, 1.54) is 37.8 Å². The Bertz CT molecular complexity index is 599. The van der Waals surface area contributed by atoms with Crippen molar-refractivity contribution in [2.75, 3.05) is 0 Å². The molecule has 1 fully saturated rings. The summed E-state index contributed by atoms with van der Waals surface area (Å²) in [6.45, 7) is 1.84. The second-order valence-electron chi connectivity index (χ2n) is 5.94.